The molecule has 0 aliphatic rings. The minimum absolute atomic E-state index is 0.101. The van der Waals surface area contributed by atoms with Crippen LogP contribution in [0.5, 0.6) is 5.75 Å². The van der Waals surface area contributed by atoms with Crippen molar-refractivity contribution in [3.05, 3.63) is 65.2 Å². The fraction of sp³-hybridized carbons (Fsp3) is 0.368. The van der Waals surface area contributed by atoms with Crippen LogP contribution in [0.3, 0.4) is 0 Å². The fourth-order valence-corrected chi connectivity index (χ4v) is 2.11. The summed E-state index contributed by atoms with van der Waals surface area (Å²) in [7, 11) is 0. The van der Waals surface area contributed by atoms with Crippen LogP contribution in [0.15, 0.2) is 48.5 Å². The van der Waals surface area contributed by atoms with Gasteiger partial charge in [-0.05, 0) is 39.3 Å². The number of aryl methyl sites for hydroxylation is 1. The number of rotatable bonds is 5. The van der Waals surface area contributed by atoms with Crippen molar-refractivity contribution in [3.63, 3.8) is 0 Å². The Morgan fingerprint density at radius 3 is 2.48 bits per heavy atom. The highest BCUT2D eigenvalue weighted by Crippen LogP contribution is 2.20. The summed E-state index contributed by atoms with van der Waals surface area (Å²) in [4.78, 5) is 0. The van der Waals surface area contributed by atoms with Crippen LogP contribution < -0.4 is 10.1 Å². The average Bonchev–Trinajstić information content (AvgIpc) is 2.43. The predicted octanol–water partition coefficient (Wildman–Crippen LogP) is 4.46. The Kier molecular flexibility index (Phi) is 5.03. The standard InChI is InChI=1S/C19H25NO/c1-15-8-7-9-16(12-15)14-21-18-11-6-5-10-17(18)13-20-19(2,3)4/h5-12,20H,13-14H2,1-4H3. The van der Waals surface area contributed by atoms with Gasteiger partial charge in [-0.25, -0.2) is 0 Å². The maximum atomic E-state index is 6.00. The molecule has 0 aliphatic heterocycles. The summed E-state index contributed by atoms with van der Waals surface area (Å²) < 4.78 is 6.00. The molecular weight excluding hydrogens is 258 g/mol. The Balaban J connectivity index is 2.03. The van der Waals surface area contributed by atoms with Crippen LogP contribution in [0.1, 0.15) is 37.5 Å². The molecule has 0 saturated carbocycles. The van der Waals surface area contributed by atoms with Crippen molar-refractivity contribution < 1.29 is 4.74 Å². The minimum Gasteiger partial charge on any atom is -0.489 e. The first-order chi connectivity index (χ1) is 9.94. The first kappa shape index (κ1) is 15.6. The lowest BCUT2D eigenvalue weighted by atomic mass is 10.1. The van der Waals surface area contributed by atoms with Gasteiger partial charge in [0.15, 0.2) is 0 Å². The maximum absolute atomic E-state index is 6.00. The molecule has 2 aromatic carbocycles. The Bertz CT molecular complexity index is 584. The molecule has 2 rings (SSSR count). The van der Waals surface area contributed by atoms with Gasteiger partial charge in [0, 0.05) is 17.6 Å². The molecule has 0 radical (unpaired) electrons. The summed E-state index contributed by atoms with van der Waals surface area (Å²) in [5, 5.41) is 3.51. The molecule has 1 N–H and O–H groups in total. The highest BCUT2D eigenvalue weighted by Gasteiger charge is 2.10. The van der Waals surface area contributed by atoms with Crippen LogP contribution in [0.2, 0.25) is 0 Å². The van der Waals surface area contributed by atoms with Crippen LogP contribution >= 0.6 is 0 Å². The van der Waals surface area contributed by atoms with Crippen molar-refractivity contribution in [2.45, 2.75) is 46.4 Å². The first-order valence-corrected chi connectivity index (χ1v) is 7.45. The molecule has 2 nitrogen and oxygen atoms in total. The molecule has 0 fully saturated rings. The molecular formula is C19H25NO. The van der Waals surface area contributed by atoms with Crippen LogP contribution in [0.25, 0.3) is 0 Å². The second kappa shape index (κ2) is 6.77. The van der Waals surface area contributed by atoms with Gasteiger partial charge in [-0.2, -0.15) is 0 Å². The lowest BCUT2D eigenvalue weighted by molar-refractivity contribution is 0.300. The summed E-state index contributed by atoms with van der Waals surface area (Å²) in [6.45, 7) is 10.0. The van der Waals surface area contributed by atoms with Gasteiger partial charge in [0.25, 0.3) is 0 Å². The lowest BCUT2D eigenvalue weighted by Gasteiger charge is -2.21. The van der Waals surface area contributed by atoms with Gasteiger partial charge < -0.3 is 10.1 Å². The maximum Gasteiger partial charge on any atom is 0.124 e. The Labute approximate surface area is 128 Å². The molecule has 0 aromatic heterocycles. The van der Waals surface area contributed by atoms with E-state index in [9.17, 15) is 0 Å². The number of hydrogen-bond acceptors (Lipinski definition) is 2. The quantitative estimate of drug-likeness (QED) is 0.874. The number of benzene rings is 2. The van der Waals surface area contributed by atoms with Crippen molar-refractivity contribution in [3.8, 4) is 5.75 Å². The van der Waals surface area contributed by atoms with Crippen molar-refractivity contribution in [1.29, 1.82) is 0 Å². The number of ether oxygens (including phenoxy) is 1. The van der Waals surface area contributed by atoms with E-state index in [1.807, 2.05) is 12.1 Å². The van der Waals surface area contributed by atoms with Crippen molar-refractivity contribution >= 4 is 0 Å². The third-order valence-electron chi connectivity index (χ3n) is 3.26. The minimum atomic E-state index is 0.101. The van der Waals surface area contributed by atoms with E-state index in [0.717, 1.165) is 12.3 Å². The van der Waals surface area contributed by atoms with Gasteiger partial charge in [0.2, 0.25) is 0 Å². The zero-order valence-corrected chi connectivity index (χ0v) is 13.4. The fourth-order valence-electron chi connectivity index (χ4n) is 2.11. The van der Waals surface area contributed by atoms with Gasteiger partial charge in [0.1, 0.15) is 12.4 Å². The molecule has 0 heterocycles. The topological polar surface area (TPSA) is 21.3 Å². The molecule has 2 aromatic rings. The summed E-state index contributed by atoms with van der Waals surface area (Å²) in [6, 6.07) is 16.7. The summed E-state index contributed by atoms with van der Waals surface area (Å²) >= 11 is 0. The van der Waals surface area contributed by atoms with Gasteiger partial charge in [-0.3, -0.25) is 0 Å². The second-order valence-corrected chi connectivity index (χ2v) is 6.49. The third-order valence-corrected chi connectivity index (χ3v) is 3.26. The van der Waals surface area contributed by atoms with E-state index in [4.69, 9.17) is 4.74 Å². The molecule has 0 spiro atoms. The predicted molar refractivity (Wildman–Crippen MR) is 88.5 cm³/mol. The van der Waals surface area contributed by atoms with Crippen molar-refractivity contribution in [1.82, 2.24) is 5.32 Å². The van der Waals surface area contributed by atoms with Crippen molar-refractivity contribution in [2.24, 2.45) is 0 Å². The SMILES string of the molecule is Cc1cccc(COc2ccccc2CNC(C)(C)C)c1. The van der Waals surface area contributed by atoms with Crippen molar-refractivity contribution in [2.75, 3.05) is 0 Å². The van der Waals surface area contributed by atoms with Gasteiger partial charge in [-0.1, -0.05) is 48.0 Å². The summed E-state index contributed by atoms with van der Waals surface area (Å²) in [5.41, 5.74) is 3.76. The number of para-hydroxylation sites is 1. The van der Waals surface area contributed by atoms with Crippen LogP contribution in [-0.2, 0) is 13.2 Å². The normalized spacial score (nSPS) is 11.4. The van der Waals surface area contributed by atoms with E-state index >= 15 is 0 Å². The average molecular weight is 283 g/mol. The van der Waals surface area contributed by atoms with Gasteiger partial charge in [0.05, 0.1) is 0 Å². The molecule has 0 amide bonds. The molecule has 112 valence electrons. The zero-order valence-electron chi connectivity index (χ0n) is 13.4. The van der Waals surface area contributed by atoms with E-state index in [0.29, 0.717) is 6.61 Å². The lowest BCUT2D eigenvalue weighted by Crippen LogP contribution is -2.35. The number of hydrogen-bond donors (Lipinski definition) is 1. The van der Waals surface area contributed by atoms with Crippen LogP contribution in [0.4, 0.5) is 0 Å². The highest BCUT2D eigenvalue weighted by atomic mass is 16.5. The van der Waals surface area contributed by atoms with E-state index < -0.39 is 0 Å². The van der Waals surface area contributed by atoms with Gasteiger partial charge >= 0.3 is 0 Å². The molecule has 0 aliphatic carbocycles. The molecule has 21 heavy (non-hydrogen) atoms. The Morgan fingerprint density at radius 1 is 1.00 bits per heavy atom. The first-order valence-electron chi connectivity index (χ1n) is 7.45. The largest absolute Gasteiger partial charge is 0.489 e. The van der Waals surface area contributed by atoms with E-state index in [-0.39, 0.29) is 5.54 Å². The summed E-state index contributed by atoms with van der Waals surface area (Å²) in [6.07, 6.45) is 0. The molecule has 0 unspecified atom stereocenters. The second-order valence-electron chi connectivity index (χ2n) is 6.49. The number of nitrogens with one attached hydrogen (secondary N) is 1. The molecule has 2 heteroatoms. The van der Waals surface area contributed by atoms with E-state index in [2.05, 4.69) is 69.4 Å². The highest BCUT2D eigenvalue weighted by molar-refractivity contribution is 5.33. The Morgan fingerprint density at radius 2 is 1.76 bits per heavy atom. The monoisotopic (exact) mass is 283 g/mol. The summed E-state index contributed by atoms with van der Waals surface area (Å²) in [5.74, 6) is 0.954. The van der Waals surface area contributed by atoms with E-state index in [1.54, 1.807) is 0 Å². The van der Waals surface area contributed by atoms with Crippen LogP contribution in [-0.4, -0.2) is 5.54 Å². The van der Waals surface area contributed by atoms with Crippen LogP contribution in [0, 0.1) is 6.92 Å². The van der Waals surface area contributed by atoms with Gasteiger partial charge in [-0.15, -0.1) is 0 Å². The molecule has 0 bridgehead atoms. The zero-order chi connectivity index (χ0) is 15.3. The molecule has 0 saturated heterocycles. The smallest absolute Gasteiger partial charge is 0.124 e. The molecule has 0 atom stereocenters. The van der Waals surface area contributed by atoms with E-state index in [1.165, 1.54) is 16.7 Å². The third kappa shape index (κ3) is 5.24. The Hall–Kier alpha value is -1.80.